The number of pyridine rings is 2. The zero-order valence-corrected chi connectivity index (χ0v) is 29.7. The predicted molar refractivity (Wildman–Crippen MR) is 209 cm³/mol. The molecular weight excluding hydrogens is 620 g/mol. The summed E-state index contributed by atoms with van der Waals surface area (Å²) in [6.07, 6.45) is 25.9. The summed E-state index contributed by atoms with van der Waals surface area (Å²) in [6.45, 7) is 5.75. The molecule has 0 saturated carbocycles. The zero-order valence-electron chi connectivity index (χ0n) is 29.7. The molecule has 5 aromatic rings. The molecule has 262 valence electrons. The standard InChI is InChI=1S/C44H52N2O4/c1-3-5-7-9-11-13-29-49-41-31-36(22-20-34-24-26-40(48)44-38(34)18-16-28-46-44)42(50-30-14-12-10-8-6-4-2)32-35(41)21-19-33-23-25-39(47)43-37(33)17-15-27-45-43/h15-28,31-32,47-48H,3-14,29-30H2,1-2H3/b21-19+,22-20+. The summed E-state index contributed by atoms with van der Waals surface area (Å²) in [4.78, 5) is 8.79. The molecule has 5 rings (SSSR count). The Morgan fingerprint density at radius 3 is 1.34 bits per heavy atom. The summed E-state index contributed by atoms with van der Waals surface area (Å²) in [5, 5.41) is 22.6. The van der Waals surface area contributed by atoms with Crippen molar-refractivity contribution in [3.8, 4) is 23.0 Å². The summed E-state index contributed by atoms with van der Waals surface area (Å²) in [5.41, 5.74) is 4.92. The molecular formula is C44H52N2O4. The number of aromatic nitrogens is 2. The van der Waals surface area contributed by atoms with Crippen molar-refractivity contribution in [3.63, 3.8) is 0 Å². The summed E-state index contributed by atoms with van der Waals surface area (Å²) in [6, 6.07) is 19.1. The van der Waals surface area contributed by atoms with Crippen LogP contribution in [0.25, 0.3) is 46.1 Å². The van der Waals surface area contributed by atoms with Crippen molar-refractivity contribution in [1.29, 1.82) is 0 Å². The van der Waals surface area contributed by atoms with Gasteiger partial charge >= 0.3 is 0 Å². The molecule has 0 aliphatic rings. The van der Waals surface area contributed by atoms with Gasteiger partial charge in [0.1, 0.15) is 34.0 Å². The molecule has 0 bridgehead atoms. The lowest BCUT2D eigenvalue weighted by Crippen LogP contribution is -2.03. The third kappa shape index (κ3) is 10.1. The number of hydrogen-bond donors (Lipinski definition) is 2. The Balaban J connectivity index is 1.48. The number of nitrogens with zero attached hydrogens (tertiary/aromatic N) is 2. The third-order valence-electron chi connectivity index (χ3n) is 9.10. The number of hydrogen-bond acceptors (Lipinski definition) is 6. The Hall–Kier alpha value is -4.84. The fraction of sp³-hybridized carbons (Fsp3) is 0.364. The monoisotopic (exact) mass is 672 g/mol. The second-order valence-corrected chi connectivity index (χ2v) is 13.0. The molecule has 0 saturated heterocycles. The minimum absolute atomic E-state index is 0.166. The largest absolute Gasteiger partial charge is 0.506 e. The Labute approximate surface area is 297 Å². The van der Waals surface area contributed by atoms with E-state index >= 15 is 0 Å². The molecule has 2 aromatic heterocycles. The van der Waals surface area contributed by atoms with E-state index in [1.54, 1.807) is 24.5 Å². The van der Waals surface area contributed by atoms with E-state index < -0.39 is 0 Å². The number of phenols is 2. The molecule has 2 N–H and O–H groups in total. The van der Waals surface area contributed by atoms with E-state index in [0.717, 1.165) is 70.2 Å². The first-order valence-electron chi connectivity index (χ1n) is 18.5. The first kappa shape index (κ1) is 36.4. The predicted octanol–water partition coefficient (Wildman–Crippen LogP) is 12.0. The topological polar surface area (TPSA) is 84.7 Å². The second kappa shape index (κ2) is 19.4. The molecule has 0 aliphatic heterocycles. The van der Waals surface area contributed by atoms with Gasteiger partial charge in [-0.3, -0.25) is 9.97 Å². The van der Waals surface area contributed by atoms with Crippen LogP contribution in [0.1, 0.15) is 113 Å². The summed E-state index contributed by atoms with van der Waals surface area (Å²) >= 11 is 0. The number of aromatic hydroxyl groups is 2. The van der Waals surface area contributed by atoms with E-state index in [1.165, 1.54) is 51.4 Å². The van der Waals surface area contributed by atoms with Gasteiger partial charge in [0.15, 0.2) is 0 Å². The second-order valence-electron chi connectivity index (χ2n) is 13.0. The molecule has 0 atom stereocenters. The van der Waals surface area contributed by atoms with Crippen LogP contribution in [0.5, 0.6) is 23.0 Å². The van der Waals surface area contributed by atoms with Crippen LogP contribution in [0, 0.1) is 0 Å². The SMILES string of the molecule is CCCCCCCCOc1cc(/C=C/c2ccc(O)c3ncccc23)c(OCCCCCCCC)cc1/C=C/c1ccc(O)c2ncccc12. The quantitative estimate of drug-likeness (QED) is 0.0632. The van der Waals surface area contributed by atoms with E-state index in [9.17, 15) is 10.2 Å². The fourth-order valence-corrected chi connectivity index (χ4v) is 6.24. The molecule has 6 nitrogen and oxygen atoms in total. The molecule has 6 heteroatoms. The van der Waals surface area contributed by atoms with Gasteiger partial charge in [-0.1, -0.05) is 127 Å². The summed E-state index contributed by atoms with van der Waals surface area (Å²) < 4.78 is 13.0. The van der Waals surface area contributed by atoms with E-state index in [0.29, 0.717) is 24.2 Å². The van der Waals surface area contributed by atoms with E-state index in [2.05, 4.69) is 60.3 Å². The molecule has 0 radical (unpaired) electrons. The van der Waals surface area contributed by atoms with Crippen molar-refractivity contribution in [1.82, 2.24) is 9.97 Å². The fourth-order valence-electron chi connectivity index (χ4n) is 6.24. The molecule has 0 unspecified atom stereocenters. The maximum atomic E-state index is 10.4. The van der Waals surface area contributed by atoms with Gasteiger partial charge in [-0.15, -0.1) is 0 Å². The van der Waals surface area contributed by atoms with Crippen molar-refractivity contribution >= 4 is 46.1 Å². The number of fused-ring (bicyclic) bond motifs is 2. The highest BCUT2D eigenvalue weighted by atomic mass is 16.5. The Morgan fingerprint density at radius 1 is 0.500 bits per heavy atom. The molecule has 0 fully saturated rings. The molecule has 0 spiro atoms. The Bertz CT molecular complexity index is 1740. The average Bonchev–Trinajstić information content (AvgIpc) is 3.14. The maximum Gasteiger partial charge on any atom is 0.141 e. The van der Waals surface area contributed by atoms with Crippen LogP contribution >= 0.6 is 0 Å². The molecule has 50 heavy (non-hydrogen) atoms. The van der Waals surface area contributed by atoms with Gasteiger partial charge in [0.2, 0.25) is 0 Å². The van der Waals surface area contributed by atoms with Crippen LogP contribution in [0.2, 0.25) is 0 Å². The Morgan fingerprint density at radius 2 is 0.900 bits per heavy atom. The molecule has 3 aromatic carbocycles. The van der Waals surface area contributed by atoms with Gasteiger partial charge in [-0.2, -0.15) is 0 Å². The normalized spacial score (nSPS) is 11.7. The van der Waals surface area contributed by atoms with Crippen LogP contribution in [-0.2, 0) is 0 Å². The number of ether oxygens (including phenoxy) is 2. The number of benzene rings is 3. The van der Waals surface area contributed by atoms with Gasteiger partial charge in [-0.05, 0) is 60.4 Å². The van der Waals surface area contributed by atoms with Gasteiger partial charge in [0.25, 0.3) is 0 Å². The highest BCUT2D eigenvalue weighted by Crippen LogP contribution is 2.35. The minimum Gasteiger partial charge on any atom is -0.506 e. The zero-order chi connectivity index (χ0) is 35.0. The molecule has 0 aliphatic carbocycles. The lowest BCUT2D eigenvalue weighted by molar-refractivity contribution is 0.295. The number of rotatable bonds is 20. The number of unbranched alkanes of at least 4 members (excludes halogenated alkanes) is 10. The van der Waals surface area contributed by atoms with E-state index in [1.807, 2.05) is 36.4 Å². The molecule has 0 amide bonds. The highest BCUT2D eigenvalue weighted by molar-refractivity contribution is 5.95. The first-order valence-corrected chi connectivity index (χ1v) is 18.5. The number of phenolic OH excluding ortho intramolecular Hbond substituents is 2. The Kier molecular flexibility index (Phi) is 14.1. The van der Waals surface area contributed by atoms with Crippen LogP contribution < -0.4 is 9.47 Å². The maximum absolute atomic E-state index is 10.4. The molecule has 2 heterocycles. The first-order chi connectivity index (χ1) is 24.6. The van der Waals surface area contributed by atoms with Crippen molar-refractivity contribution in [2.45, 2.75) is 90.9 Å². The van der Waals surface area contributed by atoms with Gasteiger partial charge in [0, 0.05) is 34.3 Å². The van der Waals surface area contributed by atoms with Crippen LogP contribution in [0.4, 0.5) is 0 Å². The van der Waals surface area contributed by atoms with Crippen molar-refractivity contribution in [3.05, 3.63) is 95.3 Å². The van der Waals surface area contributed by atoms with E-state index in [4.69, 9.17) is 9.47 Å². The van der Waals surface area contributed by atoms with Gasteiger partial charge < -0.3 is 19.7 Å². The van der Waals surface area contributed by atoms with E-state index in [-0.39, 0.29) is 11.5 Å². The third-order valence-corrected chi connectivity index (χ3v) is 9.10. The lowest BCUT2D eigenvalue weighted by Gasteiger charge is -2.16. The highest BCUT2D eigenvalue weighted by Gasteiger charge is 2.12. The average molecular weight is 673 g/mol. The van der Waals surface area contributed by atoms with Crippen LogP contribution in [0.3, 0.4) is 0 Å². The van der Waals surface area contributed by atoms with Crippen LogP contribution in [0.15, 0.2) is 73.1 Å². The van der Waals surface area contributed by atoms with Crippen molar-refractivity contribution in [2.75, 3.05) is 13.2 Å². The van der Waals surface area contributed by atoms with Gasteiger partial charge in [0.05, 0.1) is 13.2 Å². The minimum atomic E-state index is 0.166. The van der Waals surface area contributed by atoms with Gasteiger partial charge in [-0.25, -0.2) is 0 Å². The summed E-state index contributed by atoms with van der Waals surface area (Å²) in [7, 11) is 0. The van der Waals surface area contributed by atoms with Crippen molar-refractivity contribution < 1.29 is 19.7 Å². The van der Waals surface area contributed by atoms with Crippen molar-refractivity contribution in [2.24, 2.45) is 0 Å². The lowest BCUT2D eigenvalue weighted by atomic mass is 10.0. The smallest absolute Gasteiger partial charge is 0.141 e. The summed E-state index contributed by atoms with van der Waals surface area (Å²) in [5.74, 6) is 1.92. The van der Waals surface area contributed by atoms with Crippen LogP contribution in [-0.4, -0.2) is 33.4 Å².